The van der Waals surface area contributed by atoms with Gasteiger partial charge in [0.2, 0.25) is 0 Å². The van der Waals surface area contributed by atoms with Crippen molar-refractivity contribution in [3.05, 3.63) is 52.9 Å². The Morgan fingerprint density at radius 1 is 1.32 bits per heavy atom. The summed E-state index contributed by atoms with van der Waals surface area (Å²) in [6, 6.07) is 8.72. The van der Waals surface area contributed by atoms with Crippen molar-refractivity contribution in [3.63, 3.8) is 0 Å². The van der Waals surface area contributed by atoms with Crippen LogP contribution in [0.1, 0.15) is 18.5 Å². The van der Waals surface area contributed by atoms with Gasteiger partial charge in [-0.25, -0.2) is 9.37 Å². The van der Waals surface area contributed by atoms with Crippen LogP contribution < -0.4 is 10.1 Å². The second-order valence-electron chi connectivity index (χ2n) is 4.12. The molecule has 1 aromatic carbocycles. The van der Waals surface area contributed by atoms with Crippen LogP contribution in [0.15, 0.2) is 36.5 Å². The fourth-order valence-corrected chi connectivity index (χ4v) is 1.85. The number of rotatable bonds is 4. The Balaban J connectivity index is 2.13. The molecule has 19 heavy (non-hydrogen) atoms. The summed E-state index contributed by atoms with van der Waals surface area (Å²) in [5, 5.41) is 3.28. The molecule has 0 saturated heterocycles. The van der Waals surface area contributed by atoms with Crippen molar-refractivity contribution in [1.82, 2.24) is 4.98 Å². The van der Waals surface area contributed by atoms with E-state index in [1.165, 1.54) is 12.3 Å². The molecular formula is C14H14ClFN2O. The zero-order valence-electron chi connectivity index (χ0n) is 10.7. The van der Waals surface area contributed by atoms with E-state index in [0.29, 0.717) is 0 Å². The van der Waals surface area contributed by atoms with Crippen LogP contribution in [0.4, 0.5) is 10.2 Å². The van der Waals surface area contributed by atoms with E-state index in [9.17, 15) is 4.39 Å². The molecular weight excluding hydrogens is 267 g/mol. The van der Waals surface area contributed by atoms with Gasteiger partial charge in [0.25, 0.3) is 0 Å². The topological polar surface area (TPSA) is 34.1 Å². The molecule has 2 rings (SSSR count). The summed E-state index contributed by atoms with van der Waals surface area (Å²) in [5.74, 6) is 0.507. The van der Waals surface area contributed by atoms with Crippen LogP contribution in [0.2, 0.25) is 5.02 Å². The molecule has 2 aromatic rings. The van der Waals surface area contributed by atoms with Gasteiger partial charge >= 0.3 is 0 Å². The molecule has 0 spiro atoms. The fraction of sp³-hybridized carbons (Fsp3) is 0.214. The van der Waals surface area contributed by atoms with Gasteiger partial charge < -0.3 is 10.1 Å². The van der Waals surface area contributed by atoms with Crippen molar-refractivity contribution in [2.24, 2.45) is 0 Å². The van der Waals surface area contributed by atoms with Crippen molar-refractivity contribution in [2.75, 3.05) is 12.4 Å². The second kappa shape index (κ2) is 5.89. The lowest BCUT2D eigenvalue weighted by Gasteiger charge is -2.15. The Bertz CT molecular complexity index is 560. The third-order valence-corrected chi connectivity index (χ3v) is 2.98. The third-order valence-electron chi connectivity index (χ3n) is 2.78. The molecule has 1 heterocycles. The molecule has 0 amide bonds. The number of hydrogen-bond acceptors (Lipinski definition) is 3. The first-order valence-corrected chi connectivity index (χ1v) is 6.19. The highest BCUT2D eigenvalue weighted by Gasteiger charge is 2.10. The molecule has 1 N–H and O–H groups in total. The average Bonchev–Trinajstić information content (AvgIpc) is 2.42. The van der Waals surface area contributed by atoms with E-state index in [2.05, 4.69) is 10.3 Å². The minimum Gasteiger partial charge on any atom is -0.497 e. The normalized spacial score (nSPS) is 12.0. The highest BCUT2D eigenvalue weighted by molar-refractivity contribution is 6.30. The molecule has 0 bridgehead atoms. The first kappa shape index (κ1) is 13.6. The quantitative estimate of drug-likeness (QED) is 0.917. The second-order valence-corrected chi connectivity index (χ2v) is 4.56. The number of nitrogens with zero attached hydrogens (tertiary/aromatic N) is 1. The lowest BCUT2D eigenvalue weighted by atomic mass is 10.1. The molecule has 0 aliphatic carbocycles. The number of nitrogens with one attached hydrogen (secondary N) is 1. The Morgan fingerprint density at radius 2 is 2.00 bits per heavy atom. The summed E-state index contributed by atoms with van der Waals surface area (Å²) in [6.07, 6.45) is 1.41. The Kier molecular flexibility index (Phi) is 4.22. The largest absolute Gasteiger partial charge is 0.497 e. The monoisotopic (exact) mass is 280 g/mol. The summed E-state index contributed by atoms with van der Waals surface area (Å²) in [7, 11) is 1.61. The molecule has 1 unspecified atom stereocenters. The van der Waals surface area contributed by atoms with Crippen molar-refractivity contribution in [1.29, 1.82) is 0 Å². The zero-order chi connectivity index (χ0) is 13.8. The molecule has 1 aromatic heterocycles. The Hall–Kier alpha value is -1.81. The molecule has 1 atom stereocenters. The van der Waals surface area contributed by atoms with Gasteiger partial charge in [0.15, 0.2) is 11.6 Å². The number of benzene rings is 1. The van der Waals surface area contributed by atoms with E-state index in [1.54, 1.807) is 7.11 Å². The fourth-order valence-electron chi connectivity index (χ4n) is 1.70. The minimum absolute atomic E-state index is 0.0749. The summed E-state index contributed by atoms with van der Waals surface area (Å²) in [6.45, 7) is 1.93. The van der Waals surface area contributed by atoms with Crippen molar-refractivity contribution in [2.45, 2.75) is 13.0 Å². The van der Waals surface area contributed by atoms with Gasteiger partial charge in [0.1, 0.15) is 5.75 Å². The van der Waals surface area contributed by atoms with E-state index in [4.69, 9.17) is 16.3 Å². The molecule has 0 saturated carbocycles. The number of halogens is 2. The lowest BCUT2D eigenvalue weighted by molar-refractivity contribution is 0.414. The standard InChI is InChI=1S/C14H14ClFN2O/c1-9(10-3-5-12(19-2)6-4-10)18-14-13(16)7-11(15)8-17-14/h3-9H,1-2H3,(H,17,18). The van der Waals surface area contributed by atoms with Gasteiger partial charge in [-0.05, 0) is 30.7 Å². The Morgan fingerprint density at radius 3 is 2.58 bits per heavy atom. The third kappa shape index (κ3) is 3.35. The average molecular weight is 281 g/mol. The maximum absolute atomic E-state index is 13.6. The molecule has 100 valence electrons. The van der Waals surface area contributed by atoms with Crippen molar-refractivity contribution < 1.29 is 9.13 Å². The van der Waals surface area contributed by atoms with Crippen molar-refractivity contribution in [3.8, 4) is 5.75 Å². The van der Waals surface area contributed by atoms with E-state index < -0.39 is 5.82 Å². The van der Waals surface area contributed by atoms with Gasteiger partial charge in [-0.1, -0.05) is 23.7 Å². The zero-order valence-corrected chi connectivity index (χ0v) is 11.4. The van der Waals surface area contributed by atoms with Crippen molar-refractivity contribution >= 4 is 17.4 Å². The summed E-state index contributed by atoms with van der Waals surface area (Å²) < 4.78 is 18.7. The van der Waals surface area contributed by atoms with Gasteiger partial charge in [-0.15, -0.1) is 0 Å². The summed E-state index contributed by atoms with van der Waals surface area (Å²) in [4.78, 5) is 3.93. The van der Waals surface area contributed by atoms with Crippen LogP contribution in [-0.4, -0.2) is 12.1 Å². The Labute approximate surface area is 116 Å². The number of methoxy groups -OCH3 is 1. The molecule has 0 fully saturated rings. The SMILES string of the molecule is COc1ccc(C(C)Nc2ncc(Cl)cc2F)cc1. The highest BCUT2D eigenvalue weighted by atomic mass is 35.5. The molecule has 0 aliphatic heterocycles. The van der Waals surface area contributed by atoms with Gasteiger partial charge in [-0.2, -0.15) is 0 Å². The van der Waals surface area contributed by atoms with E-state index in [-0.39, 0.29) is 16.9 Å². The number of hydrogen-bond donors (Lipinski definition) is 1. The molecule has 3 nitrogen and oxygen atoms in total. The first-order chi connectivity index (χ1) is 9.10. The van der Waals surface area contributed by atoms with Crippen LogP contribution in [-0.2, 0) is 0 Å². The smallest absolute Gasteiger partial charge is 0.166 e. The van der Waals surface area contributed by atoms with Crippen LogP contribution in [0.3, 0.4) is 0 Å². The predicted octanol–water partition coefficient (Wildman–Crippen LogP) is 4.06. The molecule has 0 radical (unpaired) electrons. The summed E-state index contributed by atoms with van der Waals surface area (Å²) in [5.41, 5.74) is 1.01. The molecule has 5 heteroatoms. The van der Waals surface area contributed by atoms with Crippen LogP contribution in [0.25, 0.3) is 0 Å². The van der Waals surface area contributed by atoms with Crippen LogP contribution >= 0.6 is 11.6 Å². The van der Waals surface area contributed by atoms with E-state index >= 15 is 0 Å². The predicted molar refractivity (Wildman–Crippen MR) is 74.2 cm³/mol. The number of aromatic nitrogens is 1. The van der Waals surface area contributed by atoms with Gasteiger partial charge in [0, 0.05) is 6.20 Å². The maximum atomic E-state index is 13.6. The maximum Gasteiger partial charge on any atom is 0.166 e. The van der Waals surface area contributed by atoms with Crippen LogP contribution in [0.5, 0.6) is 5.75 Å². The highest BCUT2D eigenvalue weighted by Crippen LogP contribution is 2.23. The molecule has 0 aliphatic rings. The number of pyridine rings is 1. The summed E-state index contributed by atoms with van der Waals surface area (Å²) >= 11 is 5.66. The van der Waals surface area contributed by atoms with Gasteiger partial charge in [0.05, 0.1) is 18.2 Å². The van der Waals surface area contributed by atoms with Crippen LogP contribution in [0, 0.1) is 5.82 Å². The van der Waals surface area contributed by atoms with E-state index in [1.807, 2.05) is 31.2 Å². The van der Waals surface area contributed by atoms with Gasteiger partial charge in [-0.3, -0.25) is 0 Å². The van der Waals surface area contributed by atoms with E-state index in [0.717, 1.165) is 11.3 Å². The minimum atomic E-state index is -0.465. The lowest BCUT2D eigenvalue weighted by Crippen LogP contribution is -2.09. The number of anilines is 1. The first-order valence-electron chi connectivity index (χ1n) is 5.81. The number of ether oxygens (including phenoxy) is 1.